The Morgan fingerprint density at radius 3 is 2.61 bits per heavy atom. The number of thioether (sulfide) groups is 1. The summed E-state index contributed by atoms with van der Waals surface area (Å²) in [6, 6.07) is 1.90. The number of aromatic nitrogens is 2. The first-order chi connectivity index (χ1) is 8.58. The van der Waals surface area contributed by atoms with Gasteiger partial charge in [-0.05, 0) is 6.42 Å². The highest BCUT2D eigenvalue weighted by molar-refractivity contribution is 8.00. The predicted molar refractivity (Wildman–Crippen MR) is 79.2 cm³/mol. The van der Waals surface area contributed by atoms with Gasteiger partial charge in [0, 0.05) is 36.1 Å². The summed E-state index contributed by atoms with van der Waals surface area (Å²) in [5.74, 6) is 2.44. The quantitative estimate of drug-likeness (QED) is 0.910. The van der Waals surface area contributed by atoms with Crippen molar-refractivity contribution in [2.75, 3.05) is 23.7 Å². The third-order valence-electron chi connectivity index (χ3n) is 3.00. The lowest BCUT2D eigenvalue weighted by Gasteiger charge is -2.35. The fourth-order valence-electron chi connectivity index (χ4n) is 2.37. The second-order valence-electron chi connectivity index (χ2n) is 4.98. The van der Waals surface area contributed by atoms with Gasteiger partial charge in [0.25, 0.3) is 0 Å². The number of aryl methyl sites for hydroxylation is 1. The second kappa shape index (κ2) is 5.78. The third kappa shape index (κ3) is 3.28. The monoisotopic (exact) mass is 266 g/mol. The smallest absolute Gasteiger partial charge is 0.134 e. The Labute approximate surface area is 113 Å². The Hall–Kier alpha value is -0.970. The number of nitrogens with two attached hydrogens (primary N) is 1. The predicted octanol–water partition coefficient (Wildman–Crippen LogP) is 2.34. The van der Waals surface area contributed by atoms with Gasteiger partial charge < -0.3 is 10.6 Å². The van der Waals surface area contributed by atoms with Crippen LogP contribution in [0.3, 0.4) is 0 Å². The minimum absolute atomic E-state index is 0.585. The van der Waals surface area contributed by atoms with Crippen molar-refractivity contribution in [1.82, 2.24) is 9.97 Å². The van der Waals surface area contributed by atoms with Gasteiger partial charge in [0.2, 0.25) is 0 Å². The van der Waals surface area contributed by atoms with E-state index >= 15 is 0 Å². The first kappa shape index (κ1) is 13.5. The molecule has 0 aliphatic carbocycles. The van der Waals surface area contributed by atoms with Crippen LogP contribution in [0.25, 0.3) is 0 Å². The molecule has 2 N–H and O–H groups in total. The minimum Gasteiger partial charge on any atom is -0.384 e. The molecule has 18 heavy (non-hydrogen) atoms. The van der Waals surface area contributed by atoms with Gasteiger partial charge in [-0.2, -0.15) is 11.8 Å². The molecular formula is C13H22N4S. The van der Waals surface area contributed by atoms with E-state index in [4.69, 9.17) is 5.73 Å². The summed E-state index contributed by atoms with van der Waals surface area (Å²) in [5.41, 5.74) is 5.88. The van der Waals surface area contributed by atoms with Crippen LogP contribution in [-0.2, 0) is 6.42 Å². The maximum atomic E-state index is 5.88. The molecule has 2 unspecified atom stereocenters. The highest BCUT2D eigenvalue weighted by atomic mass is 32.2. The van der Waals surface area contributed by atoms with E-state index in [-0.39, 0.29) is 0 Å². The van der Waals surface area contributed by atoms with E-state index in [1.807, 2.05) is 17.8 Å². The molecular weight excluding hydrogens is 244 g/mol. The first-order valence-corrected chi connectivity index (χ1v) is 7.56. The highest BCUT2D eigenvalue weighted by Crippen LogP contribution is 2.28. The number of hydrogen-bond donors (Lipinski definition) is 1. The van der Waals surface area contributed by atoms with E-state index in [1.165, 1.54) is 0 Å². The third-order valence-corrected chi connectivity index (χ3v) is 4.22. The lowest BCUT2D eigenvalue weighted by atomic mass is 10.3. The van der Waals surface area contributed by atoms with Crippen LogP contribution in [0.4, 0.5) is 11.6 Å². The van der Waals surface area contributed by atoms with Gasteiger partial charge in [-0.1, -0.05) is 20.8 Å². The molecule has 1 aromatic rings. The molecule has 0 spiro atoms. The van der Waals surface area contributed by atoms with Crippen molar-refractivity contribution in [2.24, 2.45) is 0 Å². The lowest BCUT2D eigenvalue weighted by molar-refractivity contribution is 0.710. The van der Waals surface area contributed by atoms with Gasteiger partial charge in [0.15, 0.2) is 0 Å². The van der Waals surface area contributed by atoms with E-state index < -0.39 is 0 Å². The molecule has 1 fully saturated rings. The number of nitrogen functional groups attached to an aromatic ring is 1. The SMILES string of the molecule is CCCc1nc(N)cc(N2CC(C)SC(C)C2)n1. The van der Waals surface area contributed by atoms with E-state index in [0.29, 0.717) is 16.3 Å². The van der Waals surface area contributed by atoms with Crippen LogP contribution in [0.1, 0.15) is 33.0 Å². The van der Waals surface area contributed by atoms with Gasteiger partial charge in [0.05, 0.1) is 0 Å². The Morgan fingerprint density at radius 1 is 1.33 bits per heavy atom. The Kier molecular flexibility index (Phi) is 4.32. The van der Waals surface area contributed by atoms with Gasteiger partial charge >= 0.3 is 0 Å². The number of rotatable bonds is 3. The normalized spacial score (nSPS) is 24.3. The second-order valence-corrected chi connectivity index (χ2v) is 6.86. The molecule has 2 heterocycles. The summed E-state index contributed by atoms with van der Waals surface area (Å²) < 4.78 is 0. The molecule has 5 heteroatoms. The van der Waals surface area contributed by atoms with Crippen molar-refractivity contribution in [3.8, 4) is 0 Å². The van der Waals surface area contributed by atoms with Crippen LogP contribution in [0.5, 0.6) is 0 Å². The molecule has 0 saturated carbocycles. The maximum Gasteiger partial charge on any atom is 0.134 e. The zero-order chi connectivity index (χ0) is 13.1. The van der Waals surface area contributed by atoms with Crippen LogP contribution in [0, 0.1) is 0 Å². The largest absolute Gasteiger partial charge is 0.384 e. The highest BCUT2D eigenvalue weighted by Gasteiger charge is 2.23. The van der Waals surface area contributed by atoms with Crippen molar-refractivity contribution in [2.45, 2.75) is 44.1 Å². The average Bonchev–Trinajstić information content (AvgIpc) is 2.27. The first-order valence-electron chi connectivity index (χ1n) is 6.62. The summed E-state index contributed by atoms with van der Waals surface area (Å²) in [5, 5.41) is 1.28. The van der Waals surface area contributed by atoms with Crippen molar-refractivity contribution >= 4 is 23.4 Å². The summed E-state index contributed by atoms with van der Waals surface area (Å²) >= 11 is 2.04. The fourth-order valence-corrected chi connectivity index (χ4v) is 3.69. The summed E-state index contributed by atoms with van der Waals surface area (Å²) in [6.45, 7) is 8.75. The number of hydrogen-bond acceptors (Lipinski definition) is 5. The van der Waals surface area contributed by atoms with Gasteiger partial charge in [0.1, 0.15) is 17.5 Å². The Balaban J connectivity index is 2.21. The number of nitrogens with zero attached hydrogens (tertiary/aromatic N) is 3. The van der Waals surface area contributed by atoms with Crippen LogP contribution in [-0.4, -0.2) is 33.6 Å². The molecule has 0 bridgehead atoms. The van der Waals surface area contributed by atoms with E-state index in [1.54, 1.807) is 0 Å². The van der Waals surface area contributed by atoms with Crippen LogP contribution in [0.2, 0.25) is 0 Å². The molecule has 0 amide bonds. The topological polar surface area (TPSA) is 55.0 Å². The molecule has 2 rings (SSSR count). The van der Waals surface area contributed by atoms with Crippen LogP contribution in [0.15, 0.2) is 6.07 Å². The summed E-state index contributed by atoms with van der Waals surface area (Å²) in [4.78, 5) is 11.3. The molecule has 1 aromatic heterocycles. The molecule has 4 nitrogen and oxygen atoms in total. The minimum atomic E-state index is 0.585. The van der Waals surface area contributed by atoms with Gasteiger partial charge in [-0.3, -0.25) is 0 Å². The maximum absolute atomic E-state index is 5.88. The molecule has 2 atom stereocenters. The zero-order valence-electron chi connectivity index (χ0n) is 11.4. The van der Waals surface area contributed by atoms with Gasteiger partial charge in [-0.15, -0.1) is 0 Å². The molecule has 1 aliphatic rings. The number of anilines is 2. The summed E-state index contributed by atoms with van der Waals surface area (Å²) in [6.07, 6.45) is 1.94. The fraction of sp³-hybridized carbons (Fsp3) is 0.692. The van der Waals surface area contributed by atoms with Crippen molar-refractivity contribution in [1.29, 1.82) is 0 Å². The van der Waals surface area contributed by atoms with E-state index in [9.17, 15) is 0 Å². The van der Waals surface area contributed by atoms with E-state index in [2.05, 4.69) is 35.6 Å². The van der Waals surface area contributed by atoms with Crippen molar-refractivity contribution in [3.63, 3.8) is 0 Å². The van der Waals surface area contributed by atoms with Crippen molar-refractivity contribution in [3.05, 3.63) is 11.9 Å². The Bertz CT molecular complexity index is 400. The zero-order valence-corrected chi connectivity index (χ0v) is 12.2. The standard InChI is InChI=1S/C13H22N4S/c1-4-5-12-15-11(14)6-13(16-12)17-7-9(2)18-10(3)8-17/h6,9-10H,4-5,7-8H2,1-3H3,(H2,14,15,16). The molecule has 1 saturated heterocycles. The van der Waals surface area contributed by atoms with Crippen LogP contribution >= 0.6 is 11.8 Å². The molecule has 1 aliphatic heterocycles. The lowest BCUT2D eigenvalue weighted by Crippen LogP contribution is -2.41. The average molecular weight is 266 g/mol. The molecule has 100 valence electrons. The molecule has 0 radical (unpaired) electrons. The van der Waals surface area contributed by atoms with Gasteiger partial charge in [-0.25, -0.2) is 9.97 Å². The Morgan fingerprint density at radius 2 is 2.00 bits per heavy atom. The molecule has 0 aromatic carbocycles. The van der Waals surface area contributed by atoms with Crippen LogP contribution < -0.4 is 10.6 Å². The van der Waals surface area contributed by atoms with Crippen molar-refractivity contribution < 1.29 is 0 Å². The summed E-state index contributed by atoms with van der Waals surface area (Å²) in [7, 11) is 0. The van der Waals surface area contributed by atoms with E-state index in [0.717, 1.165) is 37.6 Å².